The minimum Gasteiger partial charge on any atom is -0.310 e. The van der Waals surface area contributed by atoms with Gasteiger partial charge in [0.25, 0.3) is 5.69 Å². The van der Waals surface area contributed by atoms with Crippen molar-refractivity contribution >= 4 is 38.8 Å². The molecule has 27 heavy (non-hydrogen) atoms. The van der Waals surface area contributed by atoms with Crippen LogP contribution in [0.15, 0.2) is 42.5 Å². The van der Waals surface area contributed by atoms with Crippen molar-refractivity contribution in [1.82, 2.24) is 9.88 Å². The van der Waals surface area contributed by atoms with Gasteiger partial charge in [-0.25, -0.2) is 4.98 Å². The van der Waals surface area contributed by atoms with Crippen LogP contribution in [0, 0.1) is 10.1 Å². The number of nitro groups is 1. The summed E-state index contributed by atoms with van der Waals surface area (Å²) in [5.41, 5.74) is 2.61. The number of non-ortho nitro benzene ring substituents is 1. The van der Waals surface area contributed by atoms with Crippen LogP contribution in [-0.2, 0) is 17.8 Å². The molecule has 0 unspecified atom stereocenters. The molecule has 0 spiro atoms. The maximum Gasteiger partial charge on any atom is 0.271 e. The molecule has 0 fully saturated rings. The Labute approximate surface area is 160 Å². The van der Waals surface area contributed by atoms with Crippen LogP contribution < -0.4 is 4.90 Å². The van der Waals surface area contributed by atoms with Crippen molar-refractivity contribution in [1.29, 1.82) is 0 Å². The van der Waals surface area contributed by atoms with Gasteiger partial charge in [0.2, 0.25) is 5.91 Å². The van der Waals surface area contributed by atoms with Gasteiger partial charge < -0.3 is 4.90 Å². The number of likely N-dealkylation sites (N-methyl/N-ethyl adjacent to an activating group) is 1. The molecule has 0 atom stereocenters. The van der Waals surface area contributed by atoms with Crippen LogP contribution in [0.1, 0.15) is 10.6 Å². The zero-order chi connectivity index (χ0) is 19.0. The molecule has 1 aromatic heterocycles. The number of hydrogen-bond donors (Lipinski definition) is 0. The maximum absolute atomic E-state index is 12.8. The third-order valence-electron chi connectivity index (χ3n) is 4.62. The van der Waals surface area contributed by atoms with Gasteiger partial charge in [0.15, 0.2) is 0 Å². The quantitative estimate of drug-likeness (QED) is 0.500. The van der Waals surface area contributed by atoms with E-state index in [0.717, 1.165) is 27.2 Å². The second kappa shape index (κ2) is 7.05. The van der Waals surface area contributed by atoms with E-state index in [4.69, 9.17) is 0 Å². The minimum absolute atomic E-state index is 0.0104. The van der Waals surface area contributed by atoms with Crippen LogP contribution in [0.25, 0.3) is 10.2 Å². The normalized spacial score (nSPS) is 13.3. The molecule has 8 heteroatoms. The predicted octanol–water partition coefficient (Wildman–Crippen LogP) is 3.23. The number of para-hydroxylation sites is 1. The summed E-state index contributed by atoms with van der Waals surface area (Å²) in [6.45, 7) is 1.38. The molecule has 0 aliphatic carbocycles. The van der Waals surface area contributed by atoms with Crippen molar-refractivity contribution in [2.24, 2.45) is 0 Å². The molecular weight excluding hydrogens is 364 g/mol. The summed E-state index contributed by atoms with van der Waals surface area (Å²) < 4.78 is 1.13. The summed E-state index contributed by atoms with van der Waals surface area (Å²) in [5, 5.41) is 12.0. The Morgan fingerprint density at radius 1 is 1.33 bits per heavy atom. The number of aromatic nitrogens is 1. The fraction of sp³-hybridized carbons (Fsp3) is 0.263. The number of thiazole rings is 1. The smallest absolute Gasteiger partial charge is 0.271 e. The molecule has 0 N–H and O–H groups in total. The molecule has 0 saturated carbocycles. The number of anilines is 1. The summed E-state index contributed by atoms with van der Waals surface area (Å²) in [6.07, 6.45) is 0.723. The maximum atomic E-state index is 12.8. The van der Waals surface area contributed by atoms with Crippen molar-refractivity contribution in [2.45, 2.75) is 13.0 Å². The number of carbonyl (C=O) groups excluding carboxylic acids is 1. The highest BCUT2D eigenvalue weighted by Gasteiger charge is 2.27. The first-order chi connectivity index (χ1) is 13.0. The number of benzene rings is 2. The van der Waals surface area contributed by atoms with Gasteiger partial charge in [-0.2, -0.15) is 0 Å². The number of nitrogens with zero attached hydrogens (tertiary/aromatic N) is 4. The van der Waals surface area contributed by atoms with Crippen LogP contribution in [0.3, 0.4) is 0 Å². The van der Waals surface area contributed by atoms with Crippen molar-refractivity contribution in [3.05, 3.63) is 63.1 Å². The molecule has 0 radical (unpaired) electrons. The summed E-state index contributed by atoms with van der Waals surface area (Å²) in [7, 11) is 1.88. The standard InChI is InChI=1S/C19H18N4O3S/c1-21(11-18-20-15-4-2-3-5-17(15)27-18)12-19(24)22-9-8-13-6-7-14(23(25)26)10-16(13)22/h2-7,10H,8-9,11-12H2,1H3. The largest absolute Gasteiger partial charge is 0.310 e. The Bertz CT molecular complexity index is 1000. The van der Waals surface area contributed by atoms with Gasteiger partial charge in [-0.1, -0.05) is 18.2 Å². The van der Waals surface area contributed by atoms with E-state index in [1.165, 1.54) is 12.1 Å². The Kier molecular flexibility index (Phi) is 4.59. The van der Waals surface area contributed by atoms with Crippen molar-refractivity contribution in [3.8, 4) is 0 Å². The molecule has 3 aromatic rings. The summed E-state index contributed by atoms with van der Waals surface area (Å²) >= 11 is 1.63. The van der Waals surface area contributed by atoms with E-state index < -0.39 is 4.92 Å². The Morgan fingerprint density at radius 2 is 2.15 bits per heavy atom. The molecule has 2 aromatic carbocycles. The molecule has 1 aliphatic heterocycles. The van der Waals surface area contributed by atoms with Crippen molar-refractivity contribution in [3.63, 3.8) is 0 Å². The Hall–Kier alpha value is -2.84. The fourth-order valence-electron chi connectivity index (χ4n) is 3.33. The van der Waals surface area contributed by atoms with E-state index in [1.807, 2.05) is 36.2 Å². The van der Waals surface area contributed by atoms with E-state index in [9.17, 15) is 14.9 Å². The predicted molar refractivity (Wildman–Crippen MR) is 105 cm³/mol. The van der Waals surface area contributed by atoms with Crippen LogP contribution in [0.4, 0.5) is 11.4 Å². The van der Waals surface area contributed by atoms with E-state index in [0.29, 0.717) is 18.8 Å². The zero-order valence-corrected chi connectivity index (χ0v) is 15.6. The third kappa shape index (κ3) is 3.54. The lowest BCUT2D eigenvalue weighted by molar-refractivity contribution is -0.384. The molecule has 0 bridgehead atoms. The topological polar surface area (TPSA) is 79.6 Å². The Morgan fingerprint density at radius 3 is 2.93 bits per heavy atom. The van der Waals surface area contributed by atoms with Gasteiger partial charge in [-0.3, -0.25) is 19.8 Å². The van der Waals surface area contributed by atoms with E-state index >= 15 is 0 Å². The van der Waals surface area contributed by atoms with Gasteiger partial charge in [0.1, 0.15) is 5.01 Å². The highest BCUT2D eigenvalue weighted by atomic mass is 32.1. The average Bonchev–Trinajstić information content (AvgIpc) is 3.23. The lowest BCUT2D eigenvalue weighted by Gasteiger charge is -2.21. The first kappa shape index (κ1) is 17.6. The van der Waals surface area contributed by atoms with E-state index in [-0.39, 0.29) is 18.1 Å². The molecule has 0 saturated heterocycles. The Balaban J connectivity index is 1.45. The van der Waals surface area contributed by atoms with Crippen molar-refractivity contribution < 1.29 is 9.72 Å². The van der Waals surface area contributed by atoms with Crippen molar-refractivity contribution in [2.75, 3.05) is 25.0 Å². The monoisotopic (exact) mass is 382 g/mol. The highest BCUT2D eigenvalue weighted by Crippen LogP contribution is 2.32. The number of nitro benzene ring substituents is 1. The number of hydrogen-bond acceptors (Lipinski definition) is 6. The molecule has 1 amide bonds. The summed E-state index contributed by atoms with van der Waals surface area (Å²) in [6, 6.07) is 12.7. The van der Waals surface area contributed by atoms with Crippen LogP contribution >= 0.6 is 11.3 Å². The molecule has 2 heterocycles. The van der Waals surface area contributed by atoms with Gasteiger partial charge in [-0.15, -0.1) is 11.3 Å². The van der Waals surface area contributed by atoms with Crippen LogP contribution in [0.2, 0.25) is 0 Å². The molecular formula is C19H18N4O3S. The van der Waals surface area contributed by atoms with Gasteiger partial charge >= 0.3 is 0 Å². The molecule has 1 aliphatic rings. The van der Waals surface area contributed by atoms with Crippen LogP contribution in [0.5, 0.6) is 0 Å². The first-order valence-electron chi connectivity index (χ1n) is 8.62. The van der Waals surface area contributed by atoms with Crippen LogP contribution in [-0.4, -0.2) is 40.9 Å². The first-order valence-corrected chi connectivity index (χ1v) is 9.43. The average molecular weight is 382 g/mol. The summed E-state index contributed by atoms with van der Waals surface area (Å²) in [4.78, 5) is 31.5. The third-order valence-corrected chi connectivity index (χ3v) is 5.65. The number of rotatable bonds is 5. The van der Waals surface area contributed by atoms with E-state index in [2.05, 4.69) is 4.98 Å². The second-order valence-electron chi connectivity index (χ2n) is 6.61. The molecule has 138 valence electrons. The number of fused-ring (bicyclic) bond motifs is 2. The second-order valence-corrected chi connectivity index (χ2v) is 7.73. The summed E-state index contributed by atoms with van der Waals surface area (Å²) in [5.74, 6) is -0.0575. The molecule has 4 rings (SSSR count). The SMILES string of the molecule is CN(CC(=O)N1CCc2ccc([N+](=O)[O-])cc21)Cc1nc2ccccc2s1. The number of carbonyl (C=O) groups is 1. The highest BCUT2D eigenvalue weighted by molar-refractivity contribution is 7.18. The van der Waals surface area contributed by atoms with Gasteiger partial charge in [0, 0.05) is 18.7 Å². The number of amides is 1. The minimum atomic E-state index is -0.430. The van der Waals surface area contributed by atoms with E-state index in [1.54, 1.807) is 22.3 Å². The zero-order valence-electron chi connectivity index (χ0n) is 14.8. The fourth-order valence-corrected chi connectivity index (χ4v) is 4.38. The lowest BCUT2D eigenvalue weighted by Crippen LogP contribution is -2.37. The molecule has 7 nitrogen and oxygen atoms in total. The lowest BCUT2D eigenvalue weighted by atomic mass is 10.1. The van der Waals surface area contributed by atoms with Gasteiger partial charge in [-0.05, 0) is 31.2 Å². The van der Waals surface area contributed by atoms with Gasteiger partial charge in [0.05, 0.1) is 33.9 Å².